The predicted molar refractivity (Wildman–Crippen MR) is 88.3 cm³/mol. The fourth-order valence-electron chi connectivity index (χ4n) is 1.95. The number of aryl methyl sites for hydroxylation is 1. The Kier molecular flexibility index (Phi) is 5.46. The van der Waals surface area contributed by atoms with Crippen LogP contribution in [0.3, 0.4) is 0 Å². The highest BCUT2D eigenvalue weighted by Crippen LogP contribution is 2.34. The Morgan fingerprint density at radius 2 is 2.16 bits per heavy atom. The van der Waals surface area contributed by atoms with Gasteiger partial charge in [0.2, 0.25) is 0 Å². The summed E-state index contributed by atoms with van der Waals surface area (Å²) in [4.78, 5) is 1.19. The maximum absolute atomic E-state index is 6.29. The Bertz CT molecular complexity index is 553. The summed E-state index contributed by atoms with van der Waals surface area (Å²) in [5.74, 6) is 0. The van der Waals surface area contributed by atoms with Crippen LogP contribution in [-0.2, 0) is 0 Å². The number of halogens is 2. The first-order chi connectivity index (χ1) is 9.13. The van der Waals surface area contributed by atoms with E-state index < -0.39 is 0 Å². The van der Waals surface area contributed by atoms with Crippen molar-refractivity contribution in [1.82, 2.24) is 5.32 Å². The van der Waals surface area contributed by atoms with Gasteiger partial charge in [0.1, 0.15) is 0 Å². The van der Waals surface area contributed by atoms with Gasteiger partial charge in [-0.1, -0.05) is 46.6 Å². The minimum absolute atomic E-state index is 0.171. The van der Waals surface area contributed by atoms with Crippen LogP contribution in [0.1, 0.15) is 35.4 Å². The molecule has 1 heterocycles. The molecule has 2 rings (SSSR count). The average molecular weight is 359 g/mol. The van der Waals surface area contributed by atoms with Crippen molar-refractivity contribution in [3.8, 4) is 0 Å². The minimum atomic E-state index is 0.171. The van der Waals surface area contributed by atoms with Crippen molar-refractivity contribution in [1.29, 1.82) is 0 Å². The zero-order valence-electron chi connectivity index (χ0n) is 11.0. The molecule has 0 aliphatic heterocycles. The lowest BCUT2D eigenvalue weighted by Gasteiger charge is -2.19. The van der Waals surface area contributed by atoms with Crippen molar-refractivity contribution in [2.75, 3.05) is 6.54 Å². The molecule has 0 aliphatic carbocycles. The quantitative estimate of drug-likeness (QED) is 0.737. The van der Waals surface area contributed by atoms with E-state index >= 15 is 0 Å². The van der Waals surface area contributed by atoms with Gasteiger partial charge >= 0.3 is 0 Å². The van der Waals surface area contributed by atoms with Crippen LogP contribution in [0.5, 0.6) is 0 Å². The maximum Gasteiger partial charge on any atom is 0.0686 e. The van der Waals surface area contributed by atoms with E-state index in [2.05, 4.69) is 53.3 Å². The zero-order chi connectivity index (χ0) is 13.8. The molecule has 1 aromatic heterocycles. The van der Waals surface area contributed by atoms with Gasteiger partial charge in [0, 0.05) is 9.35 Å². The zero-order valence-corrected chi connectivity index (χ0v) is 14.2. The molecule has 0 saturated carbocycles. The first-order valence-corrected chi connectivity index (χ1v) is 8.41. The molecule has 1 unspecified atom stereocenters. The molecular weight excluding hydrogens is 342 g/mol. The number of rotatable bonds is 5. The first kappa shape index (κ1) is 15.0. The lowest BCUT2D eigenvalue weighted by molar-refractivity contribution is 0.605. The van der Waals surface area contributed by atoms with Crippen LogP contribution < -0.4 is 5.32 Å². The Morgan fingerprint density at radius 1 is 1.37 bits per heavy atom. The summed E-state index contributed by atoms with van der Waals surface area (Å²) in [6, 6.07) is 8.62. The Morgan fingerprint density at radius 3 is 2.74 bits per heavy atom. The second kappa shape index (κ2) is 6.89. The number of nitrogens with one attached hydrogen (secondary N) is 1. The molecule has 0 spiro atoms. The van der Waals surface area contributed by atoms with Crippen molar-refractivity contribution in [3.63, 3.8) is 0 Å². The summed E-state index contributed by atoms with van der Waals surface area (Å²) in [6.45, 7) is 5.25. The molecule has 0 aliphatic rings. The van der Waals surface area contributed by atoms with Crippen molar-refractivity contribution < 1.29 is 0 Å². The van der Waals surface area contributed by atoms with E-state index in [1.807, 2.05) is 11.4 Å². The Labute approximate surface area is 132 Å². The minimum Gasteiger partial charge on any atom is -0.306 e. The largest absolute Gasteiger partial charge is 0.306 e. The van der Waals surface area contributed by atoms with Crippen molar-refractivity contribution >= 4 is 38.9 Å². The molecule has 4 heteroatoms. The van der Waals surface area contributed by atoms with Crippen LogP contribution in [0.15, 0.2) is 34.1 Å². The van der Waals surface area contributed by atoms with Crippen LogP contribution in [0.4, 0.5) is 0 Å². The van der Waals surface area contributed by atoms with Gasteiger partial charge in [-0.3, -0.25) is 0 Å². The highest BCUT2D eigenvalue weighted by molar-refractivity contribution is 9.10. The SMILES string of the molecule is CCCNC(c1ccc(C)c(Br)c1)c1sccc1Cl. The van der Waals surface area contributed by atoms with E-state index in [9.17, 15) is 0 Å². The number of thiophene rings is 1. The molecule has 1 N–H and O–H groups in total. The van der Waals surface area contributed by atoms with E-state index in [4.69, 9.17) is 11.6 Å². The van der Waals surface area contributed by atoms with Crippen LogP contribution in [0, 0.1) is 6.92 Å². The van der Waals surface area contributed by atoms with Gasteiger partial charge in [0.15, 0.2) is 0 Å². The maximum atomic E-state index is 6.29. The van der Waals surface area contributed by atoms with Gasteiger partial charge in [0.05, 0.1) is 11.1 Å². The average Bonchev–Trinajstić information content (AvgIpc) is 2.80. The third-order valence-electron chi connectivity index (χ3n) is 3.03. The normalized spacial score (nSPS) is 12.6. The molecule has 0 bridgehead atoms. The highest BCUT2D eigenvalue weighted by atomic mass is 79.9. The van der Waals surface area contributed by atoms with E-state index in [0.717, 1.165) is 22.5 Å². The smallest absolute Gasteiger partial charge is 0.0686 e. The fraction of sp³-hybridized carbons (Fsp3) is 0.333. The van der Waals surface area contributed by atoms with E-state index in [0.29, 0.717) is 0 Å². The predicted octanol–water partition coefficient (Wildman–Crippen LogP) is 5.56. The molecule has 0 saturated heterocycles. The number of hydrogen-bond acceptors (Lipinski definition) is 2. The van der Waals surface area contributed by atoms with E-state index in [1.165, 1.54) is 16.0 Å². The van der Waals surface area contributed by atoms with Gasteiger partial charge in [-0.05, 0) is 48.5 Å². The monoisotopic (exact) mass is 357 g/mol. The molecule has 0 fully saturated rings. The van der Waals surface area contributed by atoms with E-state index in [-0.39, 0.29) is 6.04 Å². The molecule has 19 heavy (non-hydrogen) atoms. The van der Waals surface area contributed by atoms with E-state index in [1.54, 1.807) is 11.3 Å². The van der Waals surface area contributed by atoms with Gasteiger partial charge in [-0.15, -0.1) is 11.3 Å². The molecule has 1 aromatic carbocycles. The summed E-state index contributed by atoms with van der Waals surface area (Å²) in [5.41, 5.74) is 2.49. The number of benzene rings is 1. The summed E-state index contributed by atoms with van der Waals surface area (Å²) in [7, 11) is 0. The van der Waals surface area contributed by atoms with Gasteiger partial charge in [-0.25, -0.2) is 0 Å². The Hall–Kier alpha value is -0.350. The van der Waals surface area contributed by atoms with Gasteiger partial charge in [-0.2, -0.15) is 0 Å². The third kappa shape index (κ3) is 3.60. The second-order valence-corrected chi connectivity index (χ2v) is 6.74. The summed E-state index contributed by atoms with van der Waals surface area (Å²) >= 11 is 11.6. The standard InChI is InChI=1S/C15H17BrClNS/c1-3-7-18-14(15-13(17)6-8-19-15)11-5-4-10(2)12(16)9-11/h4-6,8-9,14,18H,3,7H2,1-2H3. The summed E-state index contributed by atoms with van der Waals surface area (Å²) < 4.78 is 1.14. The van der Waals surface area contributed by atoms with Crippen molar-refractivity contribution in [2.24, 2.45) is 0 Å². The number of hydrogen-bond donors (Lipinski definition) is 1. The highest BCUT2D eigenvalue weighted by Gasteiger charge is 2.18. The molecule has 2 aromatic rings. The molecule has 0 amide bonds. The molecule has 0 radical (unpaired) electrons. The van der Waals surface area contributed by atoms with Crippen LogP contribution >= 0.6 is 38.9 Å². The molecule has 1 atom stereocenters. The topological polar surface area (TPSA) is 12.0 Å². The van der Waals surface area contributed by atoms with Crippen molar-refractivity contribution in [2.45, 2.75) is 26.3 Å². The van der Waals surface area contributed by atoms with Crippen molar-refractivity contribution in [3.05, 3.63) is 55.1 Å². The van der Waals surface area contributed by atoms with Crippen LogP contribution in [-0.4, -0.2) is 6.54 Å². The fourth-order valence-corrected chi connectivity index (χ4v) is 3.61. The lowest BCUT2D eigenvalue weighted by Crippen LogP contribution is -2.22. The molecular formula is C15H17BrClNS. The van der Waals surface area contributed by atoms with Gasteiger partial charge in [0.25, 0.3) is 0 Å². The third-order valence-corrected chi connectivity index (χ3v) is 5.31. The summed E-state index contributed by atoms with van der Waals surface area (Å²) in [6.07, 6.45) is 1.10. The lowest BCUT2D eigenvalue weighted by atomic mass is 10.0. The van der Waals surface area contributed by atoms with Crippen LogP contribution in [0.25, 0.3) is 0 Å². The second-order valence-electron chi connectivity index (χ2n) is 4.53. The first-order valence-electron chi connectivity index (χ1n) is 6.35. The van der Waals surface area contributed by atoms with Crippen LogP contribution in [0.2, 0.25) is 5.02 Å². The molecule has 1 nitrogen and oxygen atoms in total. The summed E-state index contributed by atoms with van der Waals surface area (Å²) in [5, 5.41) is 6.47. The van der Waals surface area contributed by atoms with Gasteiger partial charge < -0.3 is 5.32 Å². The molecule has 102 valence electrons. The Balaban J connectivity index is 2.37.